The Morgan fingerprint density at radius 1 is 1.21 bits per heavy atom. The number of methoxy groups -OCH3 is 2. The first-order valence-corrected chi connectivity index (χ1v) is 8.95. The van der Waals surface area contributed by atoms with Gasteiger partial charge in [0.15, 0.2) is 0 Å². The molecule has 0 bridgehead atoms. The van der Waals surface area contributed by atoms with Crippen molar-refractivity contribution in [3.8, 4) is 11.5 Å². The smallest absolute Gasteiger partial charge is 0.342 e. The summed E-state index contributed by atoms with van der Waals surface area (Å²) in [7, 11) is 3.24. The van der Waals surface area contributed by atoms with Gasteiger partial charge in [0.2, 0.25) is 5.71 Å². The number of anilines is 1. The van der Waals surface area contributed by atoms with Crippen molar-refractivity contribution in [1.29, 1.82) is 0 Å². The zero-order valence-electron chi connectivity index (χ0n) is 16.4. The van der Waals surface area contributed by atoms with Gasteiger partial charge in [-0.1, -0.05) is 6.07 Å². The van der Waals surface area contributed by atoms with Gasteiger partial charge in [0.25, 0.3) is 0 Å². The number of furan rings is 1. The van der Waals surface area contributed by atoms with E-state index in [0.717, 1.165) is 17.1 Å². The van der Waals surface area contributed by atoms with Crippen molar-refractivity contribution in [3.05, 3.63) is 41.4 Å². The maximum absolute atomic E-state index is 12.3. The Labute approximate surface area is 162 Å². The molecule has 0 spiro atoms. The minimum absolute atomic E-state index is 0.276. The molecule has 1 aromatic carbocycles. The van der Waals surface area contributed by atoms with E-state index in [1.54, 1.807) is 28.1 Å². The summed E-state index contributed by atoms with van der Waals surface area (Å²) in [4.78, 5) is 20.7. The van der Waals surface area contributed by atoms with Crippen LogP contribution in [0.15, 0.2) is 28.9 Å². The Balaban J connectivity index is 1.82. The Kier molecular flexibility index (Phi) is 5.98. The third kappa shape index (κ3) is 3.85. The zero-order chi connectivity index (χ0) is 20.1. The lowest BCUT2D eigenvalue weighted by Crippen LogP contribution is -2.10. The van der Waals surface area contributed by atoms with Crippen LogP contribution in [0.2, 0.25) is 0 Å². The highest BCUT2D eigenvalue weighted by atomic mass is 16.5. The molecule has 2 aromatic heterocycles. The lowest BCUT2D eigenvalue weighted by molar-refractivity contribution is 0.0526. The summed E-state index contributed by atoms with van der Waals surface area (Å²) in [6.45, 7) is 4.31. The molecule has 0 aliphatic rings. The van der Waals surface area contributed by atoms with Crippen LogP contribution >= 0.6 is 0 Å². The molecule has 2 heterocycles. The van der Waals surface area contributed by atoms with Crippen LogP contribution in [0, 0.1) is 6.92 Å². The molecule has 3 rings (SSSR count). The van der Waals surface area contributed by atoms with Gasteiger partial charge in [-0.25, -0.2) is 14.8 Å². The van der Waals surface area contributed by atoms with E-state index >= 15 is 0 Å². The van der Waals surface area contributed by atoms with E-state index < -0.39 is 5.97 Å². The maximum atomic E-state index is 12.3. The van der Waals surface area contributed by atoms with Crippen LogP contribution < -0.4 is 14.8 Å². The van der Waals surface area contributed by atoms with E-state index in [4.69, 9.17) is 18.6 Å². The molecule has 1 N–H and O–H groups in total. The van der Waals surface area contributed by atoms with Crippen molar-refractivity contribution in [2.24, 2.45) is 0 Å². The molecule has 28 heavy (non-hydrogen) atoms. The predicted molar refractivity (Wildman–Crippen MR) is 104 cm³/mol. The van der Waals surface area contributed by atoms with Crippen molar-refractivity contribution < 1.29 is 23.4 Å². The lowest BCUT2D eigenvalue weighted by Gasteiger charge is -2.11. The molecule has 0 fully saturated rings. The molecule has 0 radical (unpaired) electrons. The van der Waals surface area contributed by atoms with Gasteiger partial charge in [0.1, 0.15) is 35.0 Å². The molecule has 0 saturated heterocycles. The Morgan fingerprint density at radius 3 is 2.75 bits per heavy atom. The van der Waals surface area contributed by atoms with Crippen molar-refractivity contribution in [3.63, 3.8) is 0 Å². The molecular formula is C20H23N3O5. The number of carbonyl (C=O) groups is 1. The molecule has 148 valence electrons. The van der Waals surface area contributed by atoms with Crippen LogP contribution in [0.25, 0.3) is 11.1 Å². The summed E-state index contributed by atoms with van der Waals surface area (Å²) < 4.78 is 21.4. The summed E-state index contributed by atoms with van der Waals surface area (Å²) in [6, 6.07) is 5.69. The number of hydrogen-bond acceptors (Lipinski definition) is 8. The minimum atomic E-state index is -0.451. The predicted octanol–water partition coefficient (Wildman–Crippen LogP) is 3.38. The molecule has 0 unspecified atom stereocenters. The van der Waals surface area contributed by atoms with Crippen molar-refractivity contribution in [2.45, 2.75) is 20.3 Å². The monoisotopic (exact) mass is 385 g/mol. The first kappa shape index (κ1) is 19.5. The second-order valence-corrected chi connectivity index (χ2v) is 6.01. The van der Waals surface area contributed by atoms with Gasteiger partial charge >= 0.3 is 5.97 Å². The zero-order valence-corrected chi connectivity index (χ0v) is 16.4. The number of esters is 1. The molecule has 8 nitrogen and oxygen atoms in total. The standard InChI is InChI=1S/C20H23N3O5/c1-5-27-20(24)16-12(2)28-19-17(16)18(22-11-23-19)21-9-8-13-6-7-14(25-3)10-15(13)26-4/h6-7,10-11H,5,8-9H2,1-4H3,(H,21,22,23). The van der Waals surface area contributed by atoms with Crippen molar-refractivity contribution in [2.75, 3.05) is 32.7 Å². The van der Waals surface area contributed by atoms with Gasteiger partial charge in [0, 0.05) is 12.6 Å². The number of nitrogens with one attached hydrogen (secondary N) is 1. The van der Waals surface area contributed by atoms with Gasteiger partial charge in [0.05, 0.1) is 26.2 Å². The second kappa shape index (κ2) is 8.60. The number of benzene rings is 1. The molecule has 3 aromatic rings. The Morgan fingerprint density at radius 2 is 2.04 bits per heavy atom. The molecule has 0 amide bonds. The lowest BCUT2D eigenvalue weighted by atomic mass is 10.1. The first-order valence-electron chi connectivity index (χ1n) is 8.95. The van der Waals surface area contributed by atoms with Crippen LogP contribution in [0.4, 0.5) is 5.82 Å². The molecule has 0 atom stereocenters. The molecule has 0 saturated carbocycles. The minimum Gasteiger partial charge on any atom is -0.497 e. The van der Waals surface area contributed by atoms with E-state index in [1.807, 2.05) is 18.2 Å². The second-order valence-electron chi connectivity index (χ2n) is 6.01. The van der Waals surface area contributed by atoms with Gasteiger partial charge in [-0.05, 0) is 31.9 Å². The van der Waals surface area contributed by atoms with Crippen LogP contribution in [0.3, 0.4) is 0 Å². The SMILES string of the molecule is CCOC(=O)c1c(C)oc2ncnc(NCCc3ccc(OC)cc3OC)c12. The highest BCUT2D eigenvalue weighted by molar-refractivity contribution is 6.07. The number of aryl methyl sites for hydroxylation is 1. The summed E-state index contributed by atoms with van der Waals surface area (Å²) in [6.07, 6.45) is 2.08. The highest BCUT2D eigenvalue weighted by Gasteiger charge is 2.23. The Bertz CT molecular complexity index is 983. The quantitative estimate of drug-likeness (QED) is 0.590. The fraction of sp³-hybridized carbons (Fsp3) is 0.350. The van der Waals surface area contributed by atoms with E-state index in [1.165, 1.54) is 6.33 Å². The van der Waals surface area contributed by atoms with Crippen LogP contribution in [0.5, 0.6) is 11.5 Å². The Hall–Kier alpha value is -3.29. The number of carbonyl (C=O) groups excluding carboxylic acids is 1. The number of rotatable bonds is 8. The number of hydrogen-bond donors (Lipinski definition) is 1. The van der Waals surface area contributed by atoms with Gasteiger partial charge < -0.3 is 23.9 Å². The third-order valence-electron chi connectivity index (χ3n) is 4.32. The molecule has 0 aliphatic carbocycles. The third-order valence-corrected chi connectivity index (χ3v) is 4.32. The van der Waals surface area contributed by atoms with Crippen molar-refractivity contribution in [1.82, 2.24) is 9.97 Å². The molecule has 0 aliphatic heterocycles. The van der Waals surface area contributed by atoms with Crippen LogP contribution in [-0.4, -0.2) is 43.3 Å². The summed E-state index contributed by atoms with van der Waals surface area (Å²) in [5, 5.41) is 3.79. The van der Waals surface area contributed by atoms with Gasteiger partial charge in [-0.2, -0.15) is 0 Å². The van der Waals surface area contributed by atoms with E-state index in [9.17, 15) is 4.79 Å². The van der Waals surface area contributed by atoms with Crippen LogP contribution in [0.1, 0.15) is 28.6 Å². The highest BCUT2D eigenvalue weighted by Crippen LogP contribution is 2.30. The normalized spacial score (nSPS) is 10.7. The number of ether oxygens (including phenoxy) is 3. The average molecular weight is 385 g/mol. The maximum Gasteiger partial charge on any atom is 0.342 e. The fourth-order valence-corrected chi connectivity index (χ4v) is 3.00. The number of nitrogens with zero attached hydrogens (tertiary/aromatic N) is 2. The number of fused-ring (bicyclic) bond motifs is 1. The van der Waals surface area contributed by atoms with Crippen molar-refractivity contribution >= 4 is 22.9 Å². The summed E-state index contributed by atoms with van der Waals surface area (Å²) in [5.41, 5.74) is 1.72. The average Bonchev–Trinajstić information content (AvgIpc) is 3.05. The summed E-state index contributed by atoms with van der Waals surface area (Å²) >= 11 is 0. The van der Waals surface area contributed by atoms with E-state index in [2.05, 4.69) is 15.3 Å². The molecular weight excluding hydrogens is 362 g/mol. The largest absolute Gasteiger partial charge is 0.497 e. The van der Waals surface area contributed by atoms with Crippen LogP contribution in [-0.2, 0) is 11.2 Å². The first-order chi connectivity index (χ1) is 13.6. The summed E-state index contributed by atoms with van der Waals surface area (Å²) in [5.74, 6) is 2.01. The van der Waals surface area contributed by atoms with Gasteiger partial charge in [-0.15, -0.1) is 0 Å². The van der Waals surface area contributed by atoms with Gasteiger partial charge in [-0.3, -0.25) is 0 Å². The topological polar surface area (TPSA) is 95.7 Å². The fourth-order valence-electron chi connectivity index (χ4n) is 3.00. The van der Waals surface area contributed by atoms with E-state index in [-0.39, 0.29) is 6.61 Å². The molecule has 8 heteroatoms. The van der Waals surface area contributed by atoms with E-state index in [0.29, 0.717) is 41.2 Å². The number of aromatic nitrogens is 2.